The van der Waals surface area contributed by atoms with Gasteiger partial charge in [-0.1, -0.05) is 12.1 Å². The number of amides is 4. The van der Waals surface area contributed by atoms with E-state index in [2.05, 4.69) is 5.32 Å². The first-order valence-corrected chi connectivity index (χ1v) is 9.66. The second-order valence-electron chi connectivity index (χ2n) is 6.43. The molecular formula is C19H17N3O5S. The average Bonchev–Trinajstić information content (AvgIpc) is 3.40. The molecule has 0 spiro atoms. The van der Waals surface area contributed by atoms with Crippen LogP contribution in [0.1, 0.15) is 27.1 Å². The molecule has 1 fully saturated rings. The number of imide groups is 1. The van der Waals surface area contributed by atoms with Crippen LogP contribution < -0.4 is 10.2 Å². The van der Waals surface area contributed by atoms with E-state index in [0.717, 1.165) is 9.90 Å². The third-order valence-corrected chi connectivity index (χ3v) is 5.51. The van der Waals surface area contributed by atoms with Gasteiger partial charge < -0.3 is 10.1 Å². The zero-order valence-corrected chi connectivity index (χ0v) is 15.6. The quantitative estimate of drug-likeness (QED) is 0.748. The fourth-order valence-corrected chi connectivity index (χ4v) is 3.93. The second-order valence-corrected chi connectivity index (χ2v) is 7.36. The van der Waals surface area contributed by atoms with E-state index in [4.69, 9.17) is 4.74 Å². The number of carbonyl (C=O) groups excluding carboxylic acids is 4. The SMILES string of the molecule is O=C(CCN1C(=O)c2ccccc2C1=O)NCC1CN(c2cccs2)C(=O)O1. The predicted molar refractivity (Wildman–Crippen MR) is 101 cm³/mol. The molecule has 0 bridgehead atoms. The van der Waals surface area contributed by atoms with Crippen molar-refractivity contribution in [1.82, 2.24) is 10.2 Å². The summed E-state index contributed by atoms with van der Waals surface area (Å²) >= 11 is 1.44. The minimum atomic E-state index is -0.446. The Kier molecular flexibility index (Phi) is 4.82. The Morgan fingerprint density at radius 1 is 1.11 bits per heavy atom. The Morgan fingerprint density at radius 2 is 1.82 bits per heavy atom. The molecular weight excluding hydrogens is 382 g/mol. The molecule has 1 aromatic carbocycles. The summed E-state index contributed by atoms with van der Waals surface area (Å²) in [6.45, 7) is 0.538. The van der Waals surface area contributed by atoms with Crippen LogP contribution >= 0.6 is 11.3 Å². The molecule has 4 rings (SSSR count). The van der Waals surface area contributed by atoms with Gasteiger partial charge in [0.05, 0.1) is 24.2 Å². The molecule has 28 heavy (non-hydrogen) atoms. The Morgan fingerprint density at radius 3 is 2.46 bits per heavy atom. The highest BCUT2D eigenvalue weighted by Gasteiger charge is 2.35. The summed E-state index contributed by atoms with van der Waals surface area (Å²) in [5, 5.41) is 5.36. The number of nitrogens with one attached hydrogen (secondary N) is 1. The van der Waals surface area contributed by atoms with Crippen LogP contribution in [0.2, 0.25) is 0 Å². The van der Waals surface area contributed by atoms with Crippen LogP contribution in [-0.2, 0) is 9.53 Å². The van der Waals surface area contributed by atoms with E-state index in [9.17, 15) is 19.2 Å². The first-order chi connectivity index (χ1) is 13.5. The number of rotatable bonds is 6. The summed E-state index contributed by atoms with van der Waals surface area (Å²) in [5.74, 6) is -1.09. The molecule has 1 N–H and O–H groups in total. The largest absolute Gasteiger partial charge is 0.442 e. The van der Waals surface area contributed by atoms with Gasteiger partial charge in [-0.05, 0) is 29.6 Å². The first kappa shape index (κ1) is 18.2. The van der Waals surface area contributed by atoms with Crippen LogP contribution in [0.25, 0.3) is 0 Å². The number of cyclic esters (lactones) is 1. The maximum Gasteiger partial charge on any atom is 0.415 e. The number of fused-ring (bicyclic) bond motifs is 1. The summed E-state index contributed by atoms with van der Waals surface area (Å²) in [6.07, 6.45) is -0.897. The zero-order chi connectivity index (χ0) is 19.7. The van der Waals surface area contributed by atoms with Gasteiger partial charge in [-0.15, -0.1) is 11.3 Å². The smallest absolute Gasteiger partial charge is 0.415 e. The summed E-state index contributed by atoms with van der Waals surface area (Å²) in [6, 6.07) is 10.3. The Labute approximate surface area is 164 Å². The van der Waals surface area contributed by atoms with E-state index in [1.807, 2.05) is 17.5 Å². The molecule has 1 aromatic heterocycles. The third-order valence-electron chi connectivity index (χ3n) is 4.61. The number of hydrogen-bond acceptors (Lipinski definition) is 6. The summed E-state index contributed by atoms with van der Waals surface area (Å²) in [7, 11) is 0. The Balaban J connectivity index is 1.25. The minimum absolute atomic E-state index is 0.00392. The van der Waals surface area contributed by atoms with Crippen molar-refractivity contribution in [1.29, 1.82) is 0 Å². The lowest BCUT2D eigenvalue weighted by molar-refractivity contribution is -0.121. The van der Waals surface area contributed by atoms with Crippen molar-refractivity contribution in [2.45, 2.75) is 12.5 Å². The van der Waals surface area contributed by atoms with Gasteiger partial charge in [-0.25, -0.2) is 4.79 Å². The fourth-order valence-electron chi connectivity index (χ4n) is 3.20. The van der Waals surface area contributed by atoms with Gasteiger partial charge in [0.15, 0.2) is 0 Å². The molecule has 9 heteroatoms. The van der Waals surface area contributed by atoms with Gasteiger partial charge in [0.1, 0.15) is 11.1 Å². The van der Waals surface area contributed by atoms with Crippen molar-refractivity contribution in [3.63, 3.8) is 0 Å². The van der Waals surface area contributed by atoms with E-state index in [1.165, 1.54) is 16.2 Å². The molecule has 2 aliphatic rings. The van der Waals surface area contributed by atoms with Crippen LogP contribution in [0.15, 0.2) is 41.8 Å². The van der Waals surface area contributed by atoms with Crippen molar-refractivity contribution in [3.05, 3.63) is 52.9 Å². The lowest BCUT2D eigenvalue weighted by Crippen LogP contribution is -2.38. The molecule has 1 saturated heterocycles. The van der Waals surface area contributed by atoms with Crippen molar-refractivity contribution in [3.8, 4) is 0 Å². The van der Waals surface area contributed by atoms with E-state index in [0.29, 0.717) is 17.7 Å². The lowest BCUT2D eigenvalue weighted by atomic mass is 10.1. The van der Waals surface area contributed by atoms with Crippen LogP contribution in [0, 0.1) is 0 Å². The topological polar surface area (TPSA) is 96.0 Å². The van der Waals surface area contributed by atoms with Crippen LogP contribution in [0.4, 0.5) is 9.80 Å². The normalized spacial score (nSPS) is 18.4. The summed E-state index contributed by atoms with van der Waals surface area (Å²) in [5.41, 5.74) is 0.721. The summed E-state index contributed by atoms with van der Waals surface area (Å²) in [4.78, 5) is 51.2. The summed E-state index contributed by atoms with van der Waals surface area (Å²) < 4.78 is 5.26. The minimum Gasteiger partial charge on any atom is -0.442 e. The maximum absolute atomic E-state index is 12.3. The number of benzene rings is 1. The van der Waals surface area contributed by atoms with E-state index >= 15 is 0 Å². The molecule has 4 amide bonds. The van der Waals surface area contributed by atoms with Crippen LogP contribution in [-0.4, -0.2) is 54.5 Å². The molecule has 0 saturated carbocycles. The van der Waals surface area contributed by atoms with Crippen molar-refractivity contribution >= 4 is 40.2 Å². The van der Waals surface area contributed by atoms with Gasteiger partial charge in [-0.2, -0.15) is 0 Å². The molecule has 1 atom stereocenters. The van der Waals surface area contributed by atoms with Crippen molar-refractivity contribution < 1.29 is 23.9 Å². The lowest BCUT2D eigenvalue weighted by Gasteiger charge is -2.14. The molecule has 144 valence electrons. The van der Waals surface area contributed by atoms with Gasteiger partial charge in [0.2, 0.25) is 5.91 Å². The molecule has 8 nitrogen and oxygen atoms in total. The number of carbonyl (C=O) groups is 4. The monoisotopic (exact) mass is 399 g/mol. The van der Waals surface area contributed by atoms with Gasteiger partial charge in [0, 0.05) is 13.0 Å². The molecule has 3 heterocycles. The predicted octanol–water partition coefficient (Wildman–Crippen LogP) is 1.88. The zero-order valence-electron chi connectivity index (χ0n) is 14.8. The van der Waals surface area contributed by atoms with Crippen molar-refractivity contribution in [2.75, 3.05) is 24.5 Å². The van der Waals surface area contributed by atoms with E-state index < -0.39 is 12.2 Å². The third kappa shape index (κ3) is 3.36. The number of thiophene rings is 1. The van der Waals surface area contributed by atoms with E-state index in [1.54, 1.807) is 24.3 Å². The number of ether oxygens (including phenoxy) is 1. The standard InChI is InChI=1S/C19H17N3O5S/c23-15(7-8-21-17(24)13-4-1-2-5-14(13)18(21)25)20-10-12-11-22(19(26)27-12)16-6-3-9-28-16/h1-6,9,12H,7-8,10-11H2,(H,20,23). The molecule has 0 aliphatic carbocycles. The maximum atomic E-state index is 12.3. The van der Waals surface area contributed by atoms with Crippen molar-refractivity contribution in [2.24, 2.45) is 0 Å². The highest BCUT2D eigenvalue weighted by atomic mass is 32.1. The molecule has 2 aliphatic heterocycles. The van der Waals surface area contributed by atoms with Crippen LogP contribution in [0.3, 0.4) is 0 Å². The number of hydrogen-bond donors (Lipinski definition) is 1. The Bertz CT molecular complexity index is 908. The first-order valence-electron chi connectivity index (χ1n) is 8.78. The van der Waals surface area contributed by atoms with Gasteiger partial charge in [-0.3, -0.25) is 24.2 Å². The highest BCUT2D eigenvalue weighted by Crippen LogP contribution is 2.26. The highest BCUT2D eigenvalue weighted by molar-refractivity contribution is 7.14. The molecule has 0 radical (unpaired) electrons. The molecule has 1 unspecified atom stereocenters. The van der Waals surface area contributed by atoms with Gasteiger partial charge in [0.25, 0.3) is 11.8 Å². The number of nitrogens with zero attached hydrogens (tertiary/aromatic N) is 2. The number of anilines is 1. The second kappa shape index (κ2) is 7.43. The molecule has 2 aromatic rings. The Hall–Kier alpha value is -3.20. The van der Waals surface area contributed by atoms with E-state index in [-0.39, 0.29) is 37.2 Å². The fraction of sp³-hybridized carbons (Fsp3) is 0.263. The van der Waals surface area contributed by atoms with Crippen LogP contribution in [0.5, 0.6) is 0 Å². The van der Waals surface area contributed by atoms with Gasteiger partial charge >= 0.3 is 6.09 Å². The average molecular weight is 399 g/mol.